The molecule has 0 saturated carbocycles. The average molecular weight is 142 g/mol. The van der Waals surface area contributed by atoms with Crippen LogP contribution in [0.3, 0.4) is 0 Å². The summed E-state index contributed by atoms with van der Waals surface area (Å²) in [5.41, 5.74) is 4.53. The van der Waals surface area contributed by atoms with Crippen LogP contribution in [-0.4, -0.2) is 18.5 Å². The molecular weight excluding hydrogens is 132 g/mol. The van der Waals surface area contributed by atoms with Gasteiger partial charge in [0, 0.05) is 6.54 Å². The molecule has 0 saturated heterocycles. The Kier molecular flexibility index (Phi) is 12.0. The zero-order valence-corrected chi connectivity index (χ0v) is 5.83. The van der Waals surface area contributed by atoms with Gasteiger partial charge in [-0.2, -0.15) is 0 Å². The fourth-order valence-electron chi connectivity index (χ4n) is 0.0645. The van der Waals surface area contributed by atoms with Crippen LogP contribution >= 0.6 is 0 Å². The van der Waals surface area contributed by atoms with Gasteiger partial charge in [-0.1, -0.05) is 6.58 Å². The molecule has 0 unspecified atom stereocenters. The summed E-state index contributed by atoms with van der Waals surface area (Å²) < 4.78 is 0. The number of carbonyl (C=O) groups is 1. The SMILES string of the molecule is C=CC(N)=O.CCN=C=O. The Labute approximate surface area is 59.4 Å². The number of amides is 1. The van der Waals surface area contributed by atoms with Crippen LogP contribution in [0.5, 0.6) is 0 Å². The number of hydrogen-bond acceptors (Lipinski definition) is 3. The van der Waals surface area contributed by atoms with Crippen LogP contribution < -0.4 is 5.73 Å². The van der Waals surface area contributed by atoms with Crippen molar-refractivity contribution in [2.75, 3.05) is 6.54 Å². The Morgan fingerprint density at radius 2 is 2.30 bits per heavy atom. The van der Waals surface area contributed by atoms with E-state index in [0.717, 1.165) is 6.08 Å². The maximum Gasteiger partial charge on any atom is 0.240 e. The highest BCUT2D eigenvalue weighted by molar-refractivity contribution is 5.84. The van der Waals surface area contributed by atoms with Crippen molar-refractivity contribution in [2.24, 2.45) is 10.7 Å². The van der Waals surface area contributed by atoms with Crippen LogP contribution in [0.25, 0.3) is 0 Å². The molecule has 0 aromatic heterocycles. The number of primary amides is 1. The first-order chi connectivity index (χ1) is 4.68. The molecule has 4 nitrogen and oxygen atoms in total. The number of hydrogen-bond donors (Lipinski definition) is 1. The van der Waals surface area contributed by atoms with Gasteiger partial charge in [0.05, 0.1) is 0 Å². The zero-order valence-electron chi connectivity index (χ0n) is 5.83. The number of rotatable bonds is 2. The molecule has 2 N–H and O–H groups in total. The van der Waals surface area contributed by atoms with E-state index >= 15 is 0 Å². The van der Waals surface area contributed by atoms with Crippen molar-refractivity contribution in [3.8, 4) is 0 Å². The van der Waals surface area contributed by atoms with E-state index in [1.54, 1.807) is 6.92 Å². The maximum atomic E-state index is 9.47. The topological polar surface area (TPSA) is 72.5 Å². The number of aliphatic imine (C=N–C) groups is 1. The lowest BCUT2D eigenvalue weighted by atomic mass is 10.6. The van der Waals surface area contributed by atoms with Gasteiger partial charge in [-0.05, 0) is 13.0 Å². The summed E-state index contributed by atoms with van der Waals surface area (Å²) in [6.45, 7) is 5.41. The molecule has 0 radical (unpaired) electrons. The zero-order chi connectivity index (χ0) is 8.41. The van der Waals surface area contributed by atoms with Crippen molar-refractivity contribution in [2.45, 2.75) is 6.92 Å². The fourth-order valence-corrected chi connectivity index (χ4v) is 0.0645. The Morgan fingerprint density at radius 3 is 2.30 bits per heavy atom. The Balaban J connectivity index is 0. The van der Waals surface area contributed by atoms with Gasteiger partial charge in [0.2, 0.25) is 12.0 Å². The molecule has 0 aromatic carbocycles. The first-order valence-electron chi connectivity index (χ1n) is 2.64. The molecule has 56 valence electrons. The molecule has 0 heterocycles. The molecule has 0 rings (SSSR count). The first-order valence-corrected chi connectivity index (χ1v) is 2.64. The quantitative estimate of drug-likeness (QED) is 0.335. The number of nitrogens with two attached hydrogens (primary N) is 1. The summed E-state index contributed by atoms with van der Waals surface area (Å²) in [4.78, 5) is 21.8. The van der Waals surface area contributed by atoms with E-state index in [-0.39, 0.29) is 0 Å². The molecule has 0 fully saturated rings. The smallest absolute Gasteiger partial charge is 0.240 e. The van der Waals surface area contributed by atoms with Gasteiger partial charge < -0.3 is 5.73 Å². The first kappa shape index (κ1) is 11.4. The van der Waals surface area contributed by atoms with Gasteiger partial charge in [-0.25, -0.2) is 9.79 Å². The van der Waals surface area contributed by atoms with E-state index in [9.17, 15) is 4.79 Å². The minimum atomic E-state index is -0.481. The van der Waals surface area contributed by atoms with Crippen molar-refractivity contribution in [3.63, 3.8) is 0 Å². The number of carbonyl (C=O) groups excluding carboxylic acids is 2. The monoisotopic (exact) mass is 142 g/mol. The van der Waals surface area contributed by atoms with Crippen molar-refractivity contribution < 1.29 is 9.59 Å². The molecular formula is C6H10N2O2. The van der Waals surface area contributed by atoms with Gasteiger partial charge in [-0.3, -0.25) is 4.79 Å². The summed E-state index contributed by atoms with van der Waals surface area (Å²) in [5, 5.41) is 0. The predicted octanol–water partition coefficient (Wildman–Crippen LogP) is -0.000200. The van der Waals surface area contributed by atoms with E-state index in [2.05, 4.69) is 17.3 Å². The summed E-state index contributed by atoms with van der Waals surface area (Å²) in [6, 6.07) is 0. The molecule has 0 aromatic rings. The van der Waals surface area contributed by atoms with Crippen LogP contribution in [0, 0.1) is 0 Å². The minimum absolute atomic E-state index is 0.481. The Morgan fingerprint density at radius 1 is 1.90 bits per heavy atom. The highest BCUT2D eigenvalue weighted by Crippen LogP contribution is 1.52. The van der Waals surface area contributed by atoms with Gasteiger partial charge in [0.25, 0.3) is 0 Å². The lowest BCUT2D eigenvalue weighted by Gasteiger charge is -1.65. The van der Waals surface area contributed by atoms with Gasteiger partial charge in [-0.15, -0.1) is 0 Å². The third kappa shape index (κ3) is 30.7. The van der Waals surface area contributed by atoms with Crippen molar-refractivity contribution >= 4 is 12.0 Å². The maximum absolute atomic E-state index is 9.47. The van der Waals surface area contributed by atoms with Crippen LogP contribution in [-0.2, 0) is 9.59 Å². The third-order valence-electron chi connectivity index (χ3n) is 0.424. The molecule has 0 aliphatic heterocycles. The molecule has 10 heavy (non-hydrogen) atoms. The second-order valence-corrected chi connectivity index (χ2v) is 1.17. The molecule has 0 atom stereocenters. The Bertz CT molecular complexity index is 148. The highest BCUT2D eigenvalue weighted by atomic mass is 16.1. The van der Waals surface area contributed by atoms with Gasteiger partial charge >= 0.3 is 0 Å². The summed E-state index contributed by atoms with van der Waals surface area (Å²) in [7, 11) is 0. The molecule has 1 amide bonds. The summed E-state index contributed by atoms with van der Waals surface area (Å²) in [5.74, 6) is -0.481. The van der Waals surface area contributed by atoms with Crippen LogP contribution in [0.2, 0.25) is 0 Å². The van der Waals surface area contributed by atoms with Crippen LogP contribution in [0.1, 0.15) is 6.92 Å². The van der Waals surface area contributed by atoms with E-state index < -0.39 is 5.91 Å². The number of nitrogens with zero attached hydrogens (tertiary/aromatic N) is 1. The van der Waals surface area contributed by atoms with E-state index in [1.165, 1.54) is 6.08 Å². The summed E-state index contributed by atoms with van der Waals surface area (Å²) >= 11 is 0. The van der Waals surface area contributed by atoms with Crippen molar-refractivity contribution in [1.29, 1.82) is 0 Å². The average Bonchev–Trinajstić information content (AvgIpc) is 1.91. The van der Waals surface area contributed by atoms with Crippen molar-refractivity contribution in [3.05, 3.63) is 12.7 Å². The lowest BCUT2D eigenvalue weighted by Crippen LogP contribution is -2.04. The fraction of sp³-hybridized carbons (Fsp3) is 0.333. The molecule has 0 aliphatic rings. The van der Waals surface area contributed by atoms with Crippen LogP contribution in [0.4, 0.5) is 0 Å². The highest BCUT2D eigenvalue weighted by Gasteiger charge is 1.69. The normalized spacial score (nSPS) is 6.10. The Hall–Kier alpha value is -1.41. The minimum Gasteiger partial charge on any atom is -0.366 e. The predicted molar refractivity (Wildman–Crippen MR) is 38.1 cm³/mol. The second-order valence-electron chi connectivity index (χ2n) is 1.17. The van der Waals surface area contributed by atoms with Crippen molar-refractivity contribution in [1.82, 2.24) is 0 Å². The van der Waals surface area contributed by atoms with E-state index in [1.807, 2.05) is 0 Å². The van der Waals surface area contributed by atoms with Gasteiger partial charge in [0.1, 0.15) is 0 Å². The largest absolute Gasteiger partial charge is 0.366 e. The summed E-state index contributed by atoms with van der Waals surface area (Å²) in [6.07, 6.45) is 2.45. The molecule has 4 heteroatoms. The number of isocyanates is 1. The molecule has 0 bridgehead atoms. The molecule has 0 aliphatic carbocycles. The standard InChI is InChI=1S/2C3H5NO/c1-2-4-3-5;1-2-3(4)5/h2H2,1H3;2H,1H2,(H2,4,5). The van der Waals surface area contributed by atoms with Crippen LogP contribution in [0.15, 0.2) is 17.6 Å². The third-order valence-corrected chi connectivity index (χ3v) is 0.424. The van der Waals surface area contributed by atoms with E-state index in [0.29, 0.717) is 6.54 Å². The lowest BCUT2D eigenvalue weighted by molar-refractivity contribution is -0.113. The molecule has 0 spiro atoms. The van der Waals surface area contributed by atoms with E-state index in [4.69, 9.17) is 4.79 Å². The second kappa shape index (κ2) is 10.5. The van der Waals surface area contributed by atoms with Gasteiger partial charge in [0.15, 0.2) is 0 Å².